The third-order valence-electron chi connectivity index (χ3n) is 1.86. The van der Waals surface area contributed by atoms with Gasteiger partial charge in [-0.1, -0.05) is 11.2 Å². The highest BCUT2D eigenvalue weighted by atomic mass is 32.2. The zero-order valence-electron chi connectivity index (χ0n) is 5.89. The second-order valence-corrected chi connectivity index (χ2v) is 4.18. The van der Waals surface area contributed by atoms with Gasteiger partial charge >= 0.3 is 0 Å². The van der Waals surface area contributed by atoms with Gasteiger partial charge in [-0.15, -0.1) is 0 Å². The van der Waals surface area contributed by atoms with Crippen LogP contribution in [0.1, 0.15) is 6.92 Å². The molecule has 0 aromatic heterocycles. The second kappa shape index (κ2) is 2.90. The van der Waals surface area contributed by atoms with E-state index in [-0.39, 0.29) is 0 Å². The summed E-state index contributed by atoms with van der Waals surface area (Å²) in [5.74, 6) is 1.53. The lowest BCUT2D eigenvalue weighted by molar-refractivity contribution is 0.276. The summed E-state index contributed by atoms with van der Waals surface area (Å²) < 4.78 is 10.7. The van der Waals surface area contributed by atoms with Crippen LogP contribution < -0.4 is 5.32 Å². The summed E-state index contributed by atoms with van der Waals surface area (Å²) >= 11 is -0.605. The summed E-state index contributed by atoms with van der Waals surface area (Å²) in [7, 11) is 0. The van der Waals surface area contributed by atoms with E-state index in [0.717, 1.165) is 12.3 Å². The Bertz CT molecular complexity index is 97.1. The normalized spacial score (nSPS) is 37.7. The molecule has 0 amide bonds. The standard InChI is InChI=1S/C6H13NOS/c1-5-6(3-7-5)4-9(2)8/h5-7H,3-4H2,1-2H3/t5-,6-,9+/m1/s1. The third kappa shape index (κ3) is 1.85. The summed E-state index contributed by atoms with van der Waals surface area (Å²) in [6.07, 6.45) is 1.77. The van der Waals surface area contributed by atoms with E-state index in [1.54, 1.807) is 6.26 Å². The molecule has 3 atom stereocenters. The summed E-state index contributed by atoms with van der Waals surface area (Å²) in [4.78, 5) is 0. The molecule has 0 saturated carbocycles. The number of nitrogens with one attached hydrogen (secondary N) is 1. The van der Waals surface area contributed by atoms with E-state index >= 15 is 0 Å². The van der Waals surface area contributed by atoms with Crippen molar-refractivity contribution in [3.05, 3.63) is 0 Å². The Labute approximate surface area is 59.2 Å². The van der Waals surface area contributed by atoms with Crippen LogP contribution in [0.5, 0.6) is 0 Å². The highest BCUT2D eigenvalue weighted by Crippen LogP contribution is 2.13. The van der Waals surface area contributed by atoms with Gasteiger partial charge in [-0.25, -0.2) is 0 Å². The highest BCUT2D eigenvalue weighted by molar-refractivity contribution is 7.90. The van der Waals surface area contributed by atoms with Crippen LogP contribution in [-0.4, -0.2) is 29.1 Å². The van der Waals surface area contributed by atoms with Crippen molar-refractivity contribution in [2.75, 3.05) is 18.6 Å². The van der Waals surface area contributed by atoms with Gasteiger partial charge in [0.15, 0.2) is 0 Å². The molecule has 2 nitrogen and oxygen atoms in total. The van der Waals surface area contributed by atoms with Crippen LogP contribution in [0.25, 0.3) is 0 Å². The van der Waals surface area contributed by atoms with Crippen molar-refractivity contribution in [1.29, 1.82) is 0 Å². The van der Waals surface area contributed by atoms with Crippen LogP contribution in [0.15, 0.2) is 0 Å². The third-order valence-corrected chi connectivity index (χ3v) is 2.76. The fraction of sp³-hybridized carbons (Fsp3) is 1.00. The first-order valence-corrected chi connectivity index (χ1v) is 4.96. The SMILES string of the molecule is C[C@H]1NC[C@@H]1C[S@+](C)[O-]. The van der Waals surface area contributed by atoms with Crippen LogP contribution in [-0.2, 0) is 11.2 Å². The Hall–Kier alpha value is 0.270. The molecule has 0 aromatic rings. The lowest BCUT2D eigenvalue weighted by Gasteiger charge is -2.34. The molecule has 1 fully saturated rings. The zero-order chi connectivity index (χ0) is 6.85. The van der Waals surface area contributed by atoms with Gasteiger partial charge < -0.3 is 9.87 Å². The van der Waals surface area contributed by atoms with Crippen LogP contribution in [0.2, 0.25) is 0 Å². The quantitative estimate of drug-likeness (QED) is 0.557. The van der Waals surface area contributed by atoms with Crippen molar-refractivity contribution in [2.24, 2.45) is 5.92 Å². The summed E-state index contributed by atoms with van der Waals surface area (Å²) in [6, 6.07) is 0.592. The lowest BCUT2D eigenvalue weighted by Crippen LogP contribution is -2.53. The van der Waals surface area contributed by atoms with Crippen molar-refractivity contribution in [3.8, 4) is 0 Å². The largest absolute Gasteiger partial charge is 0.617 e. The van der Waals surface area contributed by atoms with E-state index < -0.39 is 11.2 Å². The highest BCUT2D eigenvalue weighted by Gasteiger charge is 2.28. The molecule has 1 aliphatic heterocycles. The van der Waals surface area contributed by atoms with Gasteiger partial charge in [-0.05, 0) is 6.92 Å². The predicted molar refractivity (Wildman–Crippen MR) is 39.9 cm³/mol. The minimum Gasteiger partial charge on any atom is -0.617 e. The van der Waals surface area contributed by atoms with Crippen molar-refractivity contribution >= 4 is 11.2 Å². The van der Waals surface area contributed by atoms with Crippen LogP contribution in [0.4, 0.5) is 0 Å². The Balaban J connectivity index is 2.13. The van der Waals surface area contributed by atoms with E-state index in [9.17, 15) is 4.55 Å². The van der Waals surface area contributed by atoms with Crippen LogP contribution >= 0.6 is 0 Å². The maximum atomic E-state index is 10.7. The van der Waals surface area contributed by atoms with Gasteiger partial charge in [-0.3, -0.25) is 0 Å². The molecule has 0 spiro atoms. The monoisotopic (exact) mass is 147 g/mol. The summed E-state index contributed by atoms with van der Waals surface area (Å²) in [5.41, 5.74) is 0. The van der Waals surface area contributed by atoms with Crippen molar-refractivity contribution < 1.29 is 4.55 Å². The van der Waals surface area contributed by atoms with Gasteiger partial charge in [0.25, 0.3) is 0 Å². The zero-order valence-corrected chi connectivity index (χ0v) is 6.70. The van der Waals surface area contributed by atoms with E-state index in [1.807, 2.05) is 0 Å². The number of rotatable bonds is 2. The topological polar surface area (TPSA) is 35.1 Å². The van der Waals surface area contributed by atoms with Crippen LogP contribution in [0, 0.1) is 5.92 Å². The summed E-state index contributed by atoms with van der Waals surface area (Å²) in [6.45, 7) is 3.20. The Morgan fingerprint density at radius 3 is 2.56 bits per heavy atom. The van der Waals surface area contributed by atoms with E-state index in [4.69, 9.17) is 0 Å². The Morgan fingerprint density at radius 1 is 1.78 bits per heavy atom. The fourth-order valence-corrected chi connectivity index (χ4v) is 2.03. The van der Waals surface area contributed by atoms with Gasteiger partial charge in [0, 0.05) is 18.5 Å². The van der Waals surface area contributed by atoms with Gasteiger partial charge in [0.05, 0.1) is 6.26 Å². The van der Waals surface area contributed by atoms with Gasteiger partial charge in [-0.2, -0.15) is 0 Å². The second-order valence-electron chi connectivity index (χ2n) is 2.70. The molecule has 1 aliphatic rings. The molecule has 1 heterocycles. The Kier molecular flexibility index (Phi) is 2.38. The molecule has 1 rings (SSSR count). The first kappa shape index (κ1) is 7.38. The molecule has 0 unspecified atom stereocenters. The molecule has 1 saturated heterocycles. The maximum Gasteiger partial charge on any atom is 0.110 e. The van der Waals surface area contributed by atoms with Crippen molar-refractivity contribution in [3.63, 3.8) is 0 Å². The molecule has 54 valence electrons. The smallest absolute Gasteiger partial charge is 0.110 e. The maximum absolute atomic E-state index is 10.7. The number of hydrogen-bond acceptors (Lipinski definition) is 2. The lowest BCUT2D eigenvalue weighted by atomic mass is 9.96. The first-order valence-electron chi connectivity index (χ1n) is 3.23. The average Bonchev–Trinajstić information content (AvgIpc) is 1.79. The Morgan fingerprint density at radius 2 is 2.44 bits per heavy atom. The average molecular weight is 147 g/mol. The molecular formula is C6H13NOS. The molecule has 1 N–H and O–H groups in total. The minimum absolute atomic E-state index is 0.592. The molecule has 9 heavy (non-hydrogen) atoms. The molecule has 0 radical (unpaired) electrons. The summed E-state index contributed by atoms with van der Waals surface area (Å²) in [5, 5.41) is 3.23. The molecule has 0 bridgehead atoms. The van der Waals surface area contributed by atoms with E-state index in [1.165, 1.54) is 0 Å². The van der Waals surface area contributed by atoms with Gasteiger partial charge in [0.1, 0.15) is 5.75 Å². The van der Waals surface area contributed by atoms with E-state index in [0.29, 0.717) is 12.0 Å². The first-order chi connectivity index (χ1) is 4.20. The van der Waals surface area contributed by atoms with Crippen molar-refractivity contribution in [2.45, 2.75) is 13.0 Å². The molecular weight excluding hydrogens is 134 g/mol. The molecule has 3 heteroatoms. The number of hydrogen-bond donors (Lipinski definition) is 1. The molecule has 0 aromatic carbocycles. The van der Waals surface area contributed by atoms with E-state index in [2.05, 4.69) is 12.2 Å². The minimum atomic E-state index is -0.605. The molecule has 0 aliphatic carbocycles. The van der Waals surface area contributed by atoms with Crippen molar-refractivity contribution in [1.82, 2.24) is 5.32 Å². The van der Waals surface area contributed by atoms with Gasteiger partial charge in [0.2, 0.25) is 0 Å². The fourth-order valence-electron chi connectivity index (χ4n) is 1.02. The predicted octanol–water partition coefficient (Wildman–Crippen LogP) is -0.0272. The van der Waals surface area contributed by atoms with Crippen LogP contribution in [0.3, 0.4) is 0 Å².